The Morgan fingerprint density at radius 3 is 2.39 bits per heavy atom. The summed E-state index contributed by atoms with van der Waals surface area (Å²) in [6.45, 7) is 6.28. The third-order valence-electron chi connectivity index (χ3n) is 4.38. The molecule has 2 aromatic rings. The zero-order chi connectivity index (χ0) is 20.7. The molecule has 0 radical (unpaired) electrons. The number of anilines is 2. The molecule has 28 heavy (non-hydrogen) atoms. The molecule has 0 heterocycles. The van der Waals surface area contributed by atoms with Gasteiger partial charge in [-0.25, -0.2) is 8.42 Å². The lowest BCUT2D eigenvalue weighted by molar-refractivity contribution is -0.114. The molecule has 0 atom stereocenters. The van der Waals surface area contributed by atoms with Gasteiger partial charge in [-0.2, -0.15) is 4.31 Å². The van der Waals surface area contributed by atoms with Crippen molar-refractivity contribution in [3.8, 4) is 0 Å². The number of aryl methyl sites for hydroxylation is 1. The van der Waals surface area contributed by atoms with E-state index in [1.165, 1.54) is 16.4 Å². The van der Waals surface area contributed by atoms with Crippen molar-refractivity contribution in [2.45, 2.75) is 32.1 Å². The maximum atomic E-state index is 12.8. The largest absolute Gasteiger partial charge is 0.376 e. The molecule has 1 amide bonds. The first kappa shape index (κ1) is 22.2. The van der Waals surface area contributed by atoms with E-state index in [2.05, 4.69) is 10.6 Å². The van der Waals surface area contributed by atoms with Gasteiger partial charge in [-0.05, 0) is 36.2 Å². The molecule has 152 valence electrons. The molecule has 2 rings (SSSR count). The first-order chi connectivity index (χ1) is 13.3. The zero-order valence-electron chi connectivity index (χ0n) is 16.3. The SMILES string of the molecule is CCc1ccccc1NC(=O)CNc1ccc(Cl)c(S(=O)(=O)N(CC)CC)c1. The molecule has 0 aliphatic carbocycles. The summed E-state index contributed by atoms with van der Waals surface area (Å²) in [7, 11) is -3.69. The van der Waals surface area contributed by atoms with Gasteiger partial charge in [-0.15, -0.1) is 0 Å². The van der Waals surface area contributed by atoms with Gasteiger partial charge in [0.1, 0.15) is 4.90 Å². The van der Waals surface area contributed by atoms with Crippen molar-refractivity contribution in [3.05, 3.63) is 53.1 Å². The van der Waals surface area contributed by atoms with E-state index in [4.69, 9.17) is 11.6 Å². The van der Waals surface area contributed by atoms with E-state index in [1.54, 1.807) is 19.9 Å². The van der Waals surface area contributed by atoms with Crippen molar-refractivity contribution < 1.29 is 13.2 Å². The maximum Gasteiger partial charge on any atom is 0.244 e. The summed E-state index contributed by atoms with van der Waals surface area (Å²) < 4.78 is 26.8. The fourth-order valence-corrected chi connectivity index (χ4v) is 4.80. The molecule has 0 aromatic heterocycles. The van der Waals surface area contributed by atoms with Crippen LogP contribution < -0.4 is 10.6 Å². The summed E-state index contributed by atoms with van der Waals surface area (Å²) in [5, 5.41) is 5.99. The number of halogens is 1. The van der Waals surface area contributed by atoms with Crippen molar-refractivity contribution in [2.24, 2.45) is 0 Å². The summed E-state index contributed by atoms with van der Waals surface area (Å²) in [6, 6.07) is 12.2. The van der Waals surface area contributed by atoms with Gasteiger partial charge in [-0.1, -0.05) is 50.6 Å². The van der Waals surface area contributed by atoms with Crippen LogP contribution >= 0.6 is 11.6 Å². The van der Waals surface area contributed by atoms with E-state index in [9.17, 15) is 13.2 Å². The highest BCUT2D eigenvalue weighted by molar-refractivity contribution is 7.89. The molecule has 0 aliphatic heterocycles. The van der Waals surface area contributed by atoms with Crippen LogP contribution in [0.2, 0.25) is 5.02 Å². The minimum absolute atomic E-state index is 0.00440. The number of rotatable bonds is 9. The van der Waals surface area contributed by atoms with Crippen LogP contribution in [0.1, 0.15) is 26.3 Å². The van der Waals surface area contributed by atoms with Crippen LogP contribution in [-0.4, -0.2) is 38.3 Å². The second-order valence-corrected chi connectivity index (χ2v) is 8.46. The Balaban J connectivity index is 2.12. The van der Waals surface area contributed by atoms with E-state index in [0.717, 1.165) is 17.7 Å². The van der Waals surface area contributed by atoms with Crippen molar-refractivity contribution in [3.63, 3.8) is 0 Å². The maximum absolute atomic E-state index is 12.8. The average Bonchev–Trinajstić information content (AvgIpc) is 2.68. The minimum atomic E-state index is -3.69. The van der Waals surface area contributed by atoms with Crippen molar-refractivity contribution in [1.29, 1.82) is 0 Å². The zero-order valence-corrected chi connectivity index (χ0v) is 17.9. The summed E-state index contributed by atoms with van der Waals surface area (Å²) >= 11 is 6.13. The molecular weight excluding hydrogens is 398 g/mol. The van der Waals surface area contributed by atoms with Crippen LogP contribution in [0, 0.1) is 0 Å². The smallest absolute Gasteiger partial charge is 0.244 e. The minimum Gasteiger partial charge on any atom is -0.376 e. The fourth-order valence-electron chi connectivity index (χ4n) is 2.84. The van der Waals surface area contributed by atoms with Gasteiger partial charge in [0, 0.05) is 24.5 Å². The van der Waals surface area contributed by atoms with Gasteiger partial charge < -0.3 is 10.6 Å². The second kappa shape index (κ2) is 9.91. The molecule has 2 aromatic carbocycles. The number of hydrogen-bond donors (Lipinski definition) is 2. The number of nitrogens with one attached hydrogen (secondary N) is 2. The fraction of sp³-hybridized carbons (Fsp3) is 0.350. The lowest BCUT2D eigenvalue weighted by Crippen LogP contribution is -2.31. The predicted molar refractivity (Wildman–Crippen MR) is 114 cm³/mol. The Kier molecular flexibility index (Phi) is 7.86. The lowest BCUT2D eigenvalue weighted by Gasteiger charge is -2.20. The number of benzene rings is 2. The van der Waals surface area contributed by atoms with E-state index in [1.807, 2.05) is 31.2 Å². The van der Waals surface area contributed by atoms with Crippen LogP contribution in [0.25, 0.3) is 0 Å². The predicted octanol–water partition coefficient (Wildman–Crippen LogP) is 3.98. The van der Waals surface area contributed by atoms with Crippen LogP contribution in [-0.2, 0) is 21.2 Å². The lowest BCUT2D eigenvalue weighted by atomic mass is 10.1. The quantitative estimate of drug-likeness (QED) is 0.639. The Bertz CT molecular complexity index is 928. The van der Waals surface area contributed by atoms with E-state index < -0.39 is 10.0 Å². The van der Waals surface area contributed by atoms with Gasteiger partial charge in [0.05, 0.1) is 11.6 Å². The molecule has 0 spiro atoms. The number of amides is 1. The normalized spacial score (nSPS) is 11.5. The Labute approximate surface area is 171 Å². The average molecular weight is 424 g/mol. The van der Waals surface area contributed by atoms with E-state index in [0.29, 0.717) is 18.8 Å². The Morgan fingerprint density at radius 2 is 1.75 bits per heavy atom. The summed E-state index contributed by atoms with van der Waals surface area (Å²) in [4.78, 5) is 12.3. The van der Waals surface area contributed by atoms with Gasteiger partial charge in [0.2, 0.25) is 15.9 Å². The first-order valence-electron chi connectivity index (χ1n) is 9.24. The Hall–Kier alpha value is -2.09. The van der Waals surface area contributed by atoms with Gasteiger partial charge in [0.25, 0.3) is 0 Å². The molecule has 0 bridgehead atoms. The van der Waals surface area contributed by atoms with Crippen molar-refractivity contribution >= 4 is 38.9 Å². The monoisotopic (exact) mass is 423 g/mol. The highest BCUT2D eigenvalue weighted by atomic mass is 35.5. The van der Waals surface area contributed by atoms with E-state index >= 15 is 0 Å². The molecule has 0 saturated carbocycles. The van der Waals surface area contributed by atoms with Crippen molar-refractivity contribution in [2.75, 3.05) is 30.3 Å². The molecule has 0 fully saturated rings. The third kappa shape index (κ3) is 5.25. The number of hydrogen-bond acceptors (Lipinski definition) is 4. The number of sulfonamides is 1. The van der Waals surface area contributed by atoms with Crippen molar-refractivity contribution in [1.82, 2.24) is 4.31 Å². The molecule has 0 saturated heterocycles. The third-order valence-corrected chi connectivity index (χ3v) is 6.91. The Morgan fingerprint density at radius 1 is 1.07 bits per heavy atom. The standard InChI is InChI=1S/C20H26ClN3O3S/c1-4-15-9-7-8-10-18(15)23-20(25)14-22-16-11-12-17(21)19(13-16)28(26,27)24(5-2)6-3/h7-13,22H,4-6,14H2,1-3H3,(H,23,25). The summed E-state index contributed by atoms with van der Waals surface area (Å²) in [6.07, 6.45) is 0.813. The molecule has 0 unspecified atom stereocenters. The molecule has 6 nitrogen and oxygen atoms in total. The molecule has 2 N–H and O–H groups in total. The van der Waals surface area contributed by atoms with Gasteiger partial charge in [0.15, 0.2) is 0 Å². The highest BCUT2D eigenvalue weighted by Crippen LogP contribution is 2.27. The van der Waals surface area contributed by atoms with Gasteiger partial charge >= 0.3 is 0 Å². The van der Waals surface area contributed by atoms with Gasteiger partial charge in [-0.3, -0.25) is 4.79 Å². The van der Waals surface area contributed by atoms with Crippen LogP contribution in [0.4, 0.5) is 11.4 Å². The van der Waals surface area contributed by atoms with Crippen LogP contribution in [0.15, 0.2) is 47.4 Å². The number of para-hydroxylation sites is 1. The second-order valence-electron chi connectivity index (χ2n) is 6.15. The molecular formula is C20H26ClN3O3S. The van der Waals surface area contributed by atoms with Crippen LogP contribution in [0.5, 0.6) is 0 Å². The summed E-state index contributed by atoms with van der Waals surface area (Å²) in [5.74, 6) is -0.219. The topological polar surface area (TPSA) is 78.5 Å². The number of carbonyl (C=O) groups is 1. The van der Waals surface area contributed by atoms with Crippen LogP contribution in [0.3, 0.4) is 0 Å². The summed E-state index contributed by atoms with van der Waals surface area (Å²) in [5.41, 5.74) is 2.33. The first-order valence-corrected chi connectivity index (χ1v) is 11.1. The molecule has 0 aliphatic rings. The van der Waals surface area contributed by atoms with E-state index in [-0.39, 0.29) is 22.4 Å². The molecule has 8 heteroatoms. The highest BCUT2D eigenvalue weighted by Gasteiger charge is 2.24. The number of nitrogens with zero attached hydrogens (tertiary/aromatic N) is 1. The number of carbonyl (C=O) groups excluding carboxylic acids is 1.